The number of benzene rings is 2. The summed E-state index contributed by atoms with van der Waals surface area (Å²) in [5.41, 5.74) is 1.75. The Kier molecular flexibility index (Phi) is 3.59. The fourth-order valence-corrected chi connectivity index (χ4v) is 3.11. The van der Waals surface area contributed by atoms with E-state index in [-0.39, 0.29) is 5.56 Å². The number of carbonyl (C=O) groups is 1. The molecule has 130 valence electrons. The third kappa shape index (κ3) is 2.79. The summed E-state index contributed by atoms with van der Waals surface area (Å²) >= 11 is 0. The van der Waals surface area contributed by atoms with Gasteiger partial charge in [0.2, 0.25) is 0 Å². The number of rotatable bonds is 2. The van der Waals surface area contributed by atoms with Crippen molar-refractivity contribution in [2.75, 3.05) is 18.5 Å². The summed E-state index contributed by atoms with van der Waals surface area (Å²) in [6, 6.07) is 6.05. The van der Waals surface area contributed by atoms with E-state index in [0.29, 0.717) is 31.1 Å². The van der Waals surface area contributed by atoms with Crippen LogP contribution in [0.5, 0.6) is 11.5 Å². The Hall–Kier alpha value is -2.70. The Morgan fingerprint density at radius 1 is 1.04 bits per heavy atom. The molecule has 25 heavy (non-hydrogen) atoms. The minimum Gasteiger partial charge on any atom is -0.493 e. The molecule has 1 N–H and O–H groups in total. The molecule has 2 heterocycles. The van der Waals surface area contributed by atoms with Crippen molar-refractivity contribution < 1.29 is 27.4 Å². The van der Waals surface area contributed by atoms with Crippen LogP contribution in [0.15, 0.2) is 30.3 Å². The molecule has 2 aromatic rings. The maximum atomic E-state index is 12.6. The first-order chi connectivity index (χ1) is 11.9. The summed E-state index contributed by atoms with van der Waals surface area (Å²) in [6.45, 7) is 1.06. The highest BCUT2D eigenvalue weighted by Gasteiger charge is 2.31. The highest BCUT2D eigenvalue weighted by atomic mass is 19.4. The van der Waals surface area contributed by atoms with Crippen LogP contribution in [-0.2, 0) is 19.0 Å². The van der Waals surface area contributed by atoms with Crippen LogP contribution in [0.25, 0.3) is 0 Å². The van der Waals surface area contributed by atoms with Crippen LogP contribution in [0.2, 0.25) is 0 Å². The minimum atomic E-state index is -4.43. The molecule has 0 saturated heterocycles. The molecule has 0 unspecified atom stereocenters. The second kappa shape index (κ2) is 5.68. The average molecular weight is 349 g/mol. The number of alkyl halides is 3. The smallest absolute Gasteiger partial charge is 0.416 e. The fourth-order valence-electron chi connectivity index (χ4n) is 3.11. The van der Waals surface area contributed by atoms with Crippen LogP contribution in [0, 0.1) is 0 Å². The summed E-state index contributed by atoms with van der Waals surface area (Å²) in [6.07, 6.45) is -3.05. The number of hydrogen-bond donors (Lipinski definition) is 1. The van der Waals surface area contributed by atoms with Gasteiger partial charge in [0.15, 0.2) is 0 Å². The van der Waals surface area contributed by atoms with E-state index in [1.807, 2.05) is 6.07 Å². The summed E-state index contributed by atoms with van der Waals surface area (Å²) in [4.78, 5) is 12.5. The lowest BCUT2D eigenvalue weighted by molar-refractivity contribution is -0.137. The zero-order valence-electron chi connectivity index (χ0n) is 13.1. The van der Waals surface area contributed by atoms with E-state index in [9.17, 15) is 18.0 Å². The van der Waals surface area contributed by atoms with Gasteiger partial charge in [-0.2, -0.15) is 13.2 Å². The molecule has 0 bridgehead atoms. The Labute approximate surface area is 141 Å². The third-order valence-electron chi connectivity index (χ3n) is 4.36. The Morgan fingerprint density at radius 2 is 1.76 bits per heavy atom. The molecule has 0 fully saturated rings. The number of carbonyl (C=O) groups excluding carboxylic acids is 1. The summed E-state index contributed by atoms with van der Waals surface area (Å²) < 4.78 is 49.1. The van der Waals surface area contributed by atoms with E-state index in [2.05, 4.69) is 5.32 Å². The lowest BCUT2D eigenvalue weighted by Crippen LogP contribution is -2.14. The number of nitrogens with one attached hydrogen (secondary N) is 1. The average Bonchev–Trinajstić information content (AvgIpc) is 3.22. The molecule has 2 aromatic carbocycles. The molecule has 1 amide bonds. The second-order valence-corrected chi connectivity index (χ2v) is 5.94. The molecule has 2 aliphatic rings. The number of fused-ring (bicyclic) bond motifs is 2. The van der Waals surface area contributed by atoms with Crippen LogP contribution < -0.4 is 14.8 Å². The van der Waals surface area contributed by atoms with E-state index in [1.54, 1.807) is 0 Å². The monoisotopic (exact) mass is 349 g/mol. The maximum absolute atomic E-state index is 12.6. The van der Waals surface area contributed by atoms with Gasteiger partial charge >= 0.3 is 6.18 Å². The molecule has 7 heteroatoms. The SMILES string of the molecule is O=C(Nc1c2c(cc3c1OCC3)OCC2)c1ccc(C(F)(F)F)cc1. The van der Waals surface area contributed by atoms with Crippen molar-refractivity contribution in [3.8, 4) is 11.5 Å². The van der Waals surface area contributed by atoms with E-state index in [1.165, 1.54) is 12.1 Å². The number of amides is 1. The van der Waals surface area contributed by atoms with E-state index < -0.39 is 17.6 Å². The van der Waals surface area contributed by atoms with Crippen molar-refractivity contribution in [2.45, 2.75) is 19.0 Å². The van der Waals surface area contributed by atoms with E-state index in [0.717, 1.165) is 35.4 Å². The van der Waals surface area contributed by atoms with Crippen molar-refractivity contribution in [1.82, 2.24) is 0 Å². The van der Waals surface area contributed by atoms with Crippen molar-refractivity contribution >= 4 is 11.6 Å². The Balaban J connectivity index is 1.64. The van der Waals surface area contributed by atoms with Gasteiger partial charge in [0.1, 0.15) is 11.5 Å². The third-order valence-corrected chi connectivity index (χ3v) is 4.36. The van der Waals surface area contributed by atoms with Gasteiger partial charge in [0.05, 0.1) is 24.5 Å². The molecular formula is C18H14F3NO3. The van der Waals surface area contributed by atoms with Gasteiger partial charge in [-0.15, -0.1) is 0 Å². The van der Waals surface area contributed by atoms with Gasteiger partial charge in [-0.05, 0) is 30.3 Å². The molecule has 4 rings (SSSR count). The highest BCUT2D eigenvalue weighted by molar-refractivity contribution is 6.06. The van der Waals surface area contributed by atoms with Crippen LogP contribution in [0.1, 0.15) is 27.0 Å². The molecule has 0 saturated carbocycles. The largest absolute Gasteiger partial charge is 0.493 e. The molecule has 0 atom stereocenters. The first-order valence-corrected chi connectivity index (χ1v) is 7.86. The molecular weight excluding hydrogens is 335 g/mol. The van der Waals surface area contributed by atoms with Gasteiger partial charge in [0.25, 0.3) is 5.91 Å². The second-order valence-electron chi connectivity index (χ2n) is 5.94. The summed E-state index contributed by atoms with van der Waals surface area (Å²) in [7, 11) is 0. The van der Waals surface area contributed by atoms with Gasteiger partial charge in [-0.3, -0.25) is 4.79 Å². The van der Waals surface area contributed by atoms with Gasteiger partial charge in [-0.25, -0.2) is 0 Å². The van der Waals surface area contributed by atoms with Gasteiger partial charge < -0.3 is 14.8 Å². The van der Waals surface area contributed by atoms with Crippen molar-refractivity contribution in [3.63, 3.8) is 0 Å². The number of hydrogen-bond acceptors (Lipinski definition) is 3. The van der Waals surface area contributed by atoms with Crippen LogP contribution in [-0.4, -0.2) is 19.1 Å². The van der Waals surface area contributed by atoms with Crippen LogP contribution in [0.3, 0.4) is 0 Å². The molecule has 2 aliphatic heterocycles. The molecule has 0 radical (unpaired) electrons. The molecule has 0 aromatic heterocycles. The quantitative estimate of drug-likeness (QED) is 0.896. The summed E-state index contributed by atoms with van der Waals surface area (Å²) in [5.74, 6) is 0.878. The van der Waals surface area contributed by atoms with Crippen LogP contribution >= 0.6 is 0 Å². The maximum Gasteiger partial charge on any atom is 0.416 e. The normalized spacial score (nSPS) is 15.2. The minimum absolute atomic E-state index is 0.149. The van der Waals surface area contributed by atoms with Crippen molar-refractivity contribution in [3.05, 3.63) is 52.6 Å². The predicted octanol–water partition coefficient (Wildman–Crippen LogP) is 3.83. The Morgan fingerprint density at radius 3 is 2.48 bits per heavy atom. The fraction of sp³-hybridized carbons (Fsp3) is 0.278. The molecule has 0 aliphatic carbocycles. The summed E-state index contributed by atoms with van der Waals surface area (Å²) in [5, 5.41) is 2.79. The zero-order chi connectivity index (χ0) is 17.6. The standard InChI is InChI=1S/C18H14F3NO3/c19-18(20,21)12-3-1-10(2-4-12)17(23)22-15-13-6-8-24-14(13)9-11-5-7-25-16(11)15/h1-4,9H,5-8H2,(H,22,23). The van der Waals surface area contributed by atoms with Crippen molar-refractivity contribution in [1.29, 1.82) is 0 Å². The predicted molar refractivity (Wildman–Crippen MR) is 84.2 cm³/mol. The number of ether oxygens (including phenoxy) is 2. The lowest BCUT2D eigenvalue weighted by atomic mass is 10.0. The first kappa shape index (κ1) is 15.8. The first-order valence-electron chi connectivity index (χ1n) is 7.86. The number of halogens is 3. The molecule has 0 spiro atoms. The van der Waals surface area contributed by atoms with Gasteiger partial charge in [0, 0.05) is 29.5 Å². The lowest BCUT2D eigenvalue weighted by Gasteiger charge is -2.14. The Bertz CT molecular complexity index is 812. The van der Waals surface area contributed by atoms with E-state index >= 15 is 0 Å². The van der Waals surface area contributed by atoms with Gasteiger partial charge in [-0.1, -0.05) is 0 Å². The highest BCUT2D eigenvalue weighted by Crippen LogP contribution is 2.44. The zero-order valence-corrected chi connectivity index (χ0v) is 13.1. The topological polar surface area (TPSA) is 47.6 Å². The van der Waals surface area contributed by atoms with Crippen molar-refractivity contribution in [2.24, 2.45) is 0 Å². The molecule has 4 nitrogen and oxygen atoms in total. The number of anilines is 1. The van der Waals surface area contributed by atoms with Crippen LogP contribution in [0.4, 0.5) is 18.9 Å². The van der Waals surface area contributed by atoms with E-state index in [4.69, 9.17) is 9.47 Å².